The van der Waals surface area contributed by atoms with Crippen molar-refractivity contribution in [1.82, 2.24) is 0 Å². The topological polar surface area (TPSA) is 55.4 Å². The Kier molecular flexibility index (Phi) is 12.1. The van der Waals surface area contributed by atoms with Crippen molar-refractivity contribution < 1.29 is 26.6 Å². The Morgan fingerprint density at radius 3 is 0.926 bits per heavy atom. The van der Waals surface area contributed by atoms with Crippen LogP contribution in [0.4, 0.5) is 0 Å². The van der Waals surface area contributed by atoms with Crippen LogP contribution in [0.15, 0.2) is 0 Å². The summed E-state index contributed by atoms with van der Waals surface area (Å²) in [6, 6.07) is 2.81. The average Bonchev–Trinajstić information content (AvgIpc) is 2.64. The second-order valence-corrected chi connectivity index (χ2v) is 17.5. The van der Waals surface area contributed by atoms with E-state index in [1.54, 1.807) is 0 Å². The molecule has 0 aromatic heterocycles. The van der Waals surface area contributed by atoms with Crippen LogP contribution in [0.1, 0.15) is 60.8 Å². The minimum atomic E-state index is -2.53. The third kappa shape index (κ3) is 7.63. The summed E-state index contributed by atoms with van der Waals surface area (Å²) in [6.07, 6.45) is 4.81. The lowest BCUT2D eigenvalue weighted by atomic mass is 10.6. The van der Waals surface area contributed by atoms with E-state index in [9.17, 15) is 0 Å². The van der Waals surface area contributed by atoms with E-state index in [0.29, 0.717) is 38.5 Å². The molecule has 0 aliphatic carbocycles. The maximum atomic E-state index is 6.89. The molecule has 0 radical (unpaired) electrons. The maximum absolute atomic E-state index is 6.89. The van der Waals surface area contributed by atoms with Crippen LogP contribution in [-0.4, -0.2) is 64.2 Å². The first-order chi connectivity index (χ1) is 13.0. The van der Waals surface area contributed by atoms with E-state index in [2.05, 4.69) is 20.8 Å². The molecule has 1 saturated heterocycles. The molecule has 1 aliphatic rings. The maximum Gasteiger partial charge on any atom is 0.347 e. The van der Waals surface area contributed by atoms with Gasteiger partial charge in [0.2, 0.25) is 0 Å². The highest BCUT2D eigenvalue weighted by Crippen LogP contribution is 2.39. The molecule has 0 aromatic carbocycles. The summed E-state index contributed by atoms with van der Waals surface area (Å²) in [4.78, 5) is 0. The van der Waals surface area contributed by atoms with E-state index in [0.717, 1.165) is 37.4 Å². The van der Waals surface area contributed by atoms with Gasteiger partial charge in [-0.1, -0.05) is 40.0 Å². The molecule has 0 atom stereocenters. The normalized spacial score (nSPS) is 31.3. The largest absolute Gasteiger partial charge is 0.413 e. The van der Waals surface area contributed by atoms with E-state index in [-0.39, 0.29) is 0 Å². The quantitative estimate of drug-likeness (QED) is 0.355. The Hall–Kier alpha value is 0.411. The molecule has 6 nitrogen and oxygen atoms in total. The highest BCUT2D eigenvalue weighted by atomic mass is 28.5. The lowest BCUT2D eigenvalue weighted by molar-refractivity contribution is 0.0898. The van der Waals surface area contributed by atoms with Gasteiger partial charge in [-0.05, 0) is 38.9 Å². The molecule has 1 aliphatic heterocycles. The monoisotopic (exact) mass is 438 g/mol. The highest BCUT2D eigenvalue weighted by Gasteiger charge is 2.62. The van der Waals surface area contributed by atoms with Gasteiger partial charge >= 0.3 is 25.7 Å². The van der Waals surface area contributed by atoms with Gasteiger partial charge in [-0.2, -0.15) is 0 Å². The van der Waals surface area contributed by atoms with Crippen molar-refractivity contribution in [3.8, 4) is 0 Å². The second kappa shape index (κ2) is 12.9. The molecule has 0 unspecified atom stereocenters. The molecular formula is C18H42O6Si3. The van der Waals surface area contributed by atoms with Crippen LogP contribution >= 0.6 is 0 Å². The van der Waals surface area contributed by atoms with Crippen LogP contribution in [0, 0.1) is 0 Å². The molecular weight excluding hydrogens is 396 g/mol. The Morgan fingerprint density at radius 1 is 0.481 bits per heavy atom. The van der Waals surface area contributed by atoms with Crippen LogP contribution in [0.3, 0.4) is 0 Å². The zero-order valence-corrected chi connectivity index (χ0v) is 21.4. The fourth-order valence-corrected chi connectivity index (χ4v) is 21.6. The SMILES string of the molecule is CCC[Si]1(COCC)O[Si](CCC)(COCC)O[Si](CCC)(COCC)O1. The van der Waals surface area contributed by atoms with E-state index in [4.69, 9.17) is 26.6 Å². The van der Waals surface area contributed by atoms with Gasteiger partial charge in [0, 0.05) is 19.8 Å². The Bertz CT molecular complexity index is 336. The van der Waals surface area contributed by atoms with Gasteiger partial charge < -0.3 is 26.6 Å². The van der Waals surface area contributed by atoms with Gasteiger partial charge in [0.05, 0.1) is 18.7 Å². The summed E-state index contributed by atoms with van der Waals surface area (Å²) in [7, 11) is -7.60. The van der Waals surface area contributed by atoms with Gasteiger partial charge in [0.15, 0.2) is 0 Å². The van der Waals surface area contributed by atoms with Gasteiger partial charge in [-0.15, -0.1) is 0 Å². The molecule has 0 spiro atoms. The summed E-state index contributed by atoms with van der Waals surface area (Å²) < 4.78 is 38.4. The number of hydrogen-bond acceptors (Lipinski definition) is 6. The first-order valence-electron chi connectivity index (χ1n) is 10.8. The number of hydrogen-bond donors (Lipinski definition) is 0. The van der Waals surface area contributed by atoms with Crippen molar-refractivity contribution in [3.05, 3.63) is 0 Å². The Balaban J connectivity index is 3.31. The summed E-state index contributed by atoms with van der Waals surface area (Å²) in [5, 5.41) is 0. The van der Waals surface area contributed by atoms with Crippen LogP contribution < -0.4 is 0 Å². The van der Waals surface area contributed by atoms with Gasteiger partial charge in [0.1, 0.15) is 0 Å². The van der Waals surface area contributed by atoms with Crippen molar-refractivity contribution in [1.29, 1.82) is 0 Å². The zero-order valence-electron chi connectivity index (χ0n) is 18.4. The summed E-state index contributed by atoms with van der Waals surface area (Å²) in [6.45, 7) is 14.7. The van der Waals surface area contributed by atoms with Crippen LogP contribution in [-0.2, 0) is 26.6 Å². The van der Waals surface area contributed by atoms with E-state index in [1.165, 1.54) is 0 Å². The smallest absolute Gasteiger partial charge is 0.347 e. The predicted molar refractivity (Wildman–Crippen MR) is 115 cm³/mol. The Labute approximate surface area is 170 Å². The lowest BCUT2D eigenvalue weighted by Crippen LogP contribution is -2.74. The molecule has 0 saturated carbocycles. The summed E-state index contributed by atoms with van der Waals surface area (Å²) in [5.41, 5.74) is 0. The minimum absolute atomic E-state index is 0.579. The zero-order chi connectivity index (χ0) is 20.2. The van der Waals surface area contributed by atoms with Crippen molar-refractivity contribution in [3.63, 3.8) is 0 Å². The van der Waals surface area contributed by atoms with Crippen LogP contribution in [0.2, 0.25) is 18.1 Å². The van der Waals surface area contributed by atoms with Crippen molar-refractivity contribution in [2.24, 2.45) is 0 Å². The molecule has 1 rings (SSSR count). The first-order valence-corrected chi connectivity index (χ1v) is 17.5. The van der Waals surface area contributed by atoms with Crippen LogP contribution in [0.5, 0.6) is 0 Å². The van der Waals surface area contributed by atoms with E-state index < -0.39 is 25.7 Å². The molecule has 9 heteroatoms. The standard InChI is InChI=1S/C18H42O6Si3/c1-7-13-25(16-19-10-4)22-26(14-8-2,17-20-11-5)24-27(23-25,15-9-3)18-21-12-6/h7-18H2,1-6H3. The highest BCUT2D eigenvalue weighted by molar-refractivity contribution is 6.94. The molecule has 1 fully saturated rings. The molecule has 1 heterocycles. The number of rotatable bonds is 15. The summed E-state index contributed by atoms with van der Waals surface area (Å²) in [5.74, 6) is 0. The fraction of sp³-hybridized carbons (Fsp3) is 1.00. The molecule has 0 bridgehead atoms. The molecule has 0 aromatic rings. The second-order valence-electron chi connectivity index (χ2n) is 7.20. The molecule has 27 heavy (non-hydrogen) atoms. The van der Waals surface area contributed by atoms with Gasteiger partial charge in [0.25, 0.3) is 0 Å². The first kappa shape index (κ1) is 25.4. The van der Waals surface area contributed by atoms with Crippen molar-refractivity contribution in [2.75, 3.05) is 38.5 Å². The average molecular weight is 439 g/mol. The van der Waals surface area contributed by atoms with Crippen molar-refractivity contribution >= 4 is 25.7 Å². The molecule has 0 N–H and O–H groups in total. The molecule has 162 valence electrons. The minimum Gasteiger partial charge on any atom is -0.413 e. The Morgan fingerprint density at radius 2 is 0.741 bits per heavy atom. The predicted octanol–water partition coefficient (Wildman–Crippen LogP) is 4.33. The number of ether oxygens (including phenoxy) is 3. The fourth-order valence-electron chi connectivity index (χ4n) is 3.69. The van der Waals surface area contributed by atoms with Gasteiger partial charge in [-0.3, -0.25) is 0 Å². The van der Waals surface area contributed by atoms with Gasteiger partial charge in [-0.25, -0.2) is 0 Å². The van der Waals surface area contributed by atoms with Crippen LogP contribution in [0.25, 0.3) is 0 Å². The third-order valence-corrected chi connectivity index (χ3v) is 19.2. The molecule has 0 amide bonds. The lowest BCUT2D eigenvalue weighted by Gasteiger charge is -2.53. The van der Waals surface area contributed by atoms with E-state index >= 15 is 0 Å². The summed E-state index contributed by atoms with van der Waals surface area (Å²) >= 11 is 0. The third-order valence-electron chi connectivity index (χ3n) is 4.59. The van der Waals surface area contributed by atoms with E-state index in [1.807, 2.05) is 20.8 Å². The van der Waals surface area contributed by atoms with Crippen molar-refractivity contribution in [2.45, 2.75) is 78.9 Å².